The Hall–Kier alpha value is -3.36. The van der Waals surface area contributed by atoms with Gasteiger partial charge in [-0.25, -0.2) is 0 Å². The average molecular weight is 370 g/mol. The Labute approximate surface area is 156 Å². The summed E-state index contributed by atoms with van der Waals surface area (Å²) in [6.07, 6.45) is 3.26. The molecule has 0 aliphatic heterocycles. The van der Waals surface area contributed by atoms with Crippen molar-refractivity contribution in [3.8, 4) is 22.8 Å². The molecule has 2 aromatic heterocycles. The Balaban J connectivity index is 1.71. The highest BCUT2D eigenvalue weighted by Crippen LogP contribution is 2.32. The van der Waals surface area contributed by atoms with Gasteiger partial charge >= 0.3 is 0 Å². The van der Waals surface area contributed by atoms with E-state index >= 15 is 0 Å². The van der Waals surface area contributed by atoms with Crippen molar-refractivity contribution >= 4 is 11.7 Å². The van der Waals surface area contributed by atoms with E-state index in [4.69, 9.17) is 9.47 Å². The normalized spacial score (nSPS) is 10.9. The van der Waals surface area contributed by atoms with Gasteiger partial charge in [0.1, 0.15) is 18.0 Å². The molecule has 1 aromatic carbocycles. The highest BCUT2D eigenvalue weighted by Gasteiger charge is 2.13. The van der Waals surface area contributed by atoms with Crippen LogP contribution in [0.4, 0.5) is 5.82 Å². The highest BCUT2D eigenvalue weighted by atomic mass is 16.5. The predicted molar refractivity (Wildman–Crippen MR) is 99.8 cm³/mol. The molecule has 0 spiro atoms. The second-order valence-corrected chi connectivity index (χ2v) is 6.16. The molecular weight excluding hydrogens is 348 g/mol. The number of nitrogens with zero attached hydrogens (tertiary/aromatic N) is 5. The van der Waals surface area contributed by atoms with Gasteiger partial charge in [-0.1, -0.05) is 0 Å². The van der Waals surface area contributed by atoms with Crippen molar-refractivity contribution in [3.05, 3.63) is 36.7 Å². The smallest absolute Gasteiger partial charge is 0.247 e. The topological polar surface area (TPSA) is 96.1 Å². The quantitative estimate of drug-likeness (QED) is 0.686. The van der Waals surface area contributed by atoms with Crippen LogP contribution < -0.4 is 14.8 Å². The first-order chi connectivity index (χ1) is 13.0. The molecule has 2 heterocycles. The number of benzene rings is 1. The maximum atomic E-state index is 12.2. The fourth-order valence-corrected chi connectivity index (χ4v) is 2.52. The largest absolute Gasteiger partial charge is 0.497 e. The summed E-state index contributed by atoms with van der Waals surface area (Å²) in [5.74, 6) is 1.55. The molecule has 1 amide bonds. The summed E-state index contributed by atoms with van der Waals surface area (Å²) in [6.45, 7) is 3.98. The number of hydrogen-bond acceptors (Lipinski definition) is 6. The van der Waals surface area contributed by atoms with Gasteiger partial charge in [0.25, 0.3) is 0 Å². The Morgan fingerprint density at radius 3 is 2.67 bits per heavy atom. The summed E-state index contributed by atoms with van der Waals surface area (Å²) < 4.78 is 12.2. The summed E-state index contributed by atoms with van der Waals surface area (Å²) in [7, 11) is 3.20. The zero-order chi connectivity index (χ0) is 19.4. The third-order valence-corrected chi connectivity index (χ3v) is 3.87. The Morgan fingerprint density at radius 2 is 2.00 bits per heavy atom. The van der Waals surface area contributed by atoms with Crippen LogP contribution in [0.5, 0.6) is 11.5 Å². The second kappa shape index (κ2) is 7.90. The molecule has 9 heteroatoms. The van der Waals surface area contributed by atoms with E-state index in [-0.39, 0.29) is 18.5 Å². The lowest BCUT2D eigenvalue weighted by molar-refractivity contribution is -0.116. The van der Waals surface area contributed by atoms with Crippen molar-refractivity contribution in [2.75, 3.05) is 19.5 Å². The van der Waals surface area contributed by atoms with E-state index in [9.17, 15) is 4.79 Å². The minimum Gasteiger partial charge on any atom is -0.497 e. The van der Waals surface area contributed by atoms with E-state index < -0.39 is 0 Å². The first kappa shape index (κ1) is 18.4. The fourth-order valence-electron chi connectivity index (χ4n) is 2.52. The Bertz CT molecular complexity index is 931. The van der Waals surface area contributed by atoms with Crippen molar-refractivity contribution in [2.45, 2.75) is 26.4 Å². The Morgan fingerprint density at radius 1 is 1.19 bits per heavy atom. The van der Waals surface area contributed by atoms with E-state index in [0.29, 0.717) is 23.0 Å². The predicted octanol–water partition coefficient (Wildman–Crippen LogP) is 2.38. The van der Waals surface area contributed by atoms with Crippen LogP contribution in [0.25, 0.3) is 11.3 Å². The zero-order valence-corrected chi connectivity index (χ0v) is 15.7. The molecule has 0 aliphatic rings. The van der Waals surface area contributed by atoms with Gasteiger partial charge in [0.05, 0.1) is 32.2 Å². The second-order valence-electron chi connectivity index (χ2n) is 6.16. The van der Waals surface area contributed by atoms with Crippen molar-refractivity contribution < 1.29 is 14.3 Å². The van der Waals surface area contributed by atoms with Gasteiger partial charge in [-0.05, 0) is 38.1 Å². The molecule has 0 saturated carbocycles. The number of aromatic nitrogens is 5. The highest BCUT2D eigenvalue weighted by molar-refractivity contribution is 5.89. The van der Waals surface area contributed by atoms with Gasteiger partial charge in [0.2, 0.25) is 5.91 Å². The minimum absolute atomic E-state index is 0.0564. The van der Waals surface area contributed by atoms with E-state index in [2.05, 4.69) is 20.6 Å². The van der Waals surface area contributed by atoms with Crippen LogP contribution in [0, 0.1) is 0 Å². The van der Waals surface area contributed by atoms with E-state index in [1.165, 1.54) is 11.0 Å². The number of carbonyl (C=O) groups excluding carboxylic acids is 1. The molecule has 0 aliphatic carbocycles. The summed E-state index contributed by atoms with van der Waals surface area (Å²) in [6, 6.07) is 7.42. The van der Waals surface area contributed by atoms with Gasteiger partial charge in [0, 0.05) is 11.8 Å². The SMILES string of the molecule is COc1ccc(OC)c(-c2ccn(CC(=O)Nc3cnn(C(C)C)n3)n2)c1. The number of anilines is 1. The standard InChI is InChI=1S/C18H22N6O3/c1-12(2)24-19-10-17(22-24)20-18(25)11-23-8-7-15(21-23)14-9-13(26-3)5-6-16(14)27-4/h5-10,12H,11H2,1-4H3,(H,20,22,25). The summed E-state index contributed by atoms with van der Waals surface area (Å²) in [4.78, 5) is 13.8. The van der Waals surface area contributed by atoms with E-state index in [0.717, 1.165) is 5.56 Å². The molecule has 1 N–H and O–H groups in total. The van der Waals surface area contributed by atoms with Gasteiger partial charge in [-0.3, -0.25) is 9.48 Å². The maximum absolute atomic E-state index is 12.2. The van der Waals surface area contributed by atoms with Gasteiger partial charge < -0.3 is 14.8 Å². The first-order valence-electron chi connectivity index (χ1n) is 8.47. The molecule has 0 unspecified atom stereocenters. The molecule has 0 radical (unpaired) electrons. The lowest BCUT2D eigenvalue weighted by Crippen LogP contribution is -2.19. The van der Waals surface area contributed by atoms with Crippen LogP contribution in [-0.4, -0.2) is 44.9 Å². The minimum atomic E-state index is -0.238. The molecule has 0 fully saturated rings. The number of hydrogen-bond donors (Lipinski definition) is 1. The average Bonchev–Trinajstić information content (AvgIpc) is 3.30. The lowest BCUT2D eigenvalue weighted by Gasteiger charge is -2.08. The number of rotatable bonds is 7. The molecule has 0 saturated heterocycles. The van der Waals surface area contributed by atoms with Crippen LogP contribution in [0.15, 0.2) is 36.7 Å². The molecule has 27 heavy (non-hydrogen) atoms. The number of ether oxygens (including phenoxy) is 2. The maximum Gasteiger partial charge on any atom is 0.247 e. The Kier molecular flexibility index (Phi) is 5.39. The third-order valence-electron chi connectivity index (χ3n) is 3.87. The van der Waals surface area contributed by atoms with Crippen LogP contribution in [0.1, 0.15) is 19.9 Å². The van der Waals surface area contributed by atoms with E-state index in [1.54, 1.807) is 25.1 Å². The molecule has 3 rings (SSSR count). The summed E-state index contributed by atoms with van der Waals surface area (Å²) in [5, 5.41) is 15.5. The molecular formula is C18H22N6O3. The van der Waals surface area contributed by atoms with Gasteiger partial charge in [-0.2, -0.15) is 15.0 Å². The van der Waals surface area contributed by atoms with Gasteiger partial charge in [-0.15, -0.1) is 5.10 Å². The molecule has 9 nitrogen and oxygen atoms in total. The van der Waals surface area contributed by atoms with Crippen molar-refractivity contribution in [1.29, 1.82) is 0 Å². The molecule has 0 bridgehead atoms. The van der Waals surface area contributed by atoms with Crippen LogP contribution >= 0.6 is 0 Å². The summed E-state index contributed by atoms with van der Waals surface area (Å²) >= 11 is 0. The van der Waals surface area contributed by atoms with Crippen LogP contribution in [0.3, 0.4) is 0 Å². The summed E-state index contributed by atoms with van der Waals surface area (Å²) in [5.41, 5.74) is 1.47. The van der Waals surface area contributed by atoms with Crippen LogP contribution in [-0.2, 0) is 11.3 Å². The number of carbonyl (C=O) groups is 1. The van der Waals surface area contributed by atoms with E-state index in [1.807, 2.05) is 38.1 Å². The van der Waals surface area contributed by atoms with Crippen molar-refractivity contribution in [2.24, 2.45) is 0 Å². The molecule has 142 valence electrons. The van der Waals surface area contributed by atoms with Gasteiger partial charge in [0.15, 0.2) is 5.82 Å². The zero-order valence-electron chi connectivity index (χ0n) is 15.7. The van der Waals surface area contributed by atoms with Crippen molar-refractivity contribution in [3.63, 3.8) is 0 Å². The lowest BCUT2D eigenvalue weighted by atomic mass is 10.1. The third kappa shape index (κ3) is 4.25. The van der Waals surface area contributed by atoms with Crippen molar-refractivity contribution in [1.82, 2.24) is 24.8 Å². The molecule has 3 aromatic rings. The monoisotopic (exact) mass is 370 g/mol. The molecule has 0 atom stereocenters. The fraction of sp³-hybridized carbons (Fsp3) is 0.333. The number of nitrogens with one attached hydrogen (secondary N) is 1. The van der Waals surface area contributed by atoms with Crippen LogP contribution in [0.2, 0.25) is 0 Å². The first-order valence-corrected chi connectivity index (χ1v) is 8.47. The number of amides is 1. The number of methoxy groups -OCH3 is 2.